The predicted octanol–water partition coefficient (Wildman–Crippen LogP) is 2.08. The Morgan fingerprint density at radius 3 is 2.93 bits per heavy atom. The van der Waals surface area contributed by atoms with Gasteiger partial charge in [0.25, 0.3) is 0 Å². The highest BCUT2D eigenvalue weighted by atomic mass is 16.1. The zero-order chi connectivity index (χ0) is 18.6. The van der Waals surface area contributed by atoms with Gasteiger partial charge in [-0.3, -0.25) is 4.79 Å². The van der Waals surface area contributed by atoms with Crippen molar-refractivity contribution in [1.29, 1.82) is 0 Å². The molecule has 0 amide bonds. The highest BCUT2D eigenvalue weighted by Crippen LogP contribution is 2.24. The number of aromatic nitrogens is 3. The molecule has 0 spiro atoms. The van der Waals surface area contributed by atoms with Gasteiger partial charge in [0.05, 0.1) is 5.56 Å². The van der Waals surface area contributed by atoms with Crippen LogP contribution < -0.4 is 16.0 Å². The molecule has 4 N–H and O–H groups in total. The van der Waals surface area contributed by atoms with Gasteiger partial charge in [-0.05, 0) is 37.2 Å². The van der Waals surface area contributed by atoms with Crippen LogP contribution in [0.15, 0.2) is 48.9 Å². The van der Waals surface area contributed by atoms with Gasteiger partial charge in [-0.2, -0.15) is 0 Å². The smallest absolute Gasteiger partial charge is 0.215 e. The zero-order valence-electron chi connectivity index (χ0n) is 15.0. The van der Waals surface area contributed by atoms with Crippen LogP contribution in [0.25, 0.3) is 11.1 Å². The standard InChI is InChI=1S/C20H22N6O/c21-20-16(11-15(13-24-20)14-5-7-23-12-14)19(27)17-3-1-4-18(25-17)26-9-2-6-22-8-10-26/h1,3-5,7,11-13,22-23H,2,6,8-10H2,(H2,21,24). The molecule has 7 heteroatoms. The third-order valence-corrected chi connectivity index (χ3v) is 4.73. The summed E-state index contributed by atoms with van der Waals surface area (Å²) in [6.45, 7) is 3.71. The van der Waals surface area contributed by atoms with Gasteiger partial charge >= 0.3 is 0 Å². The summed E-state index contributed by atoms with van der Waals surface area (Å²) in [5.41, 5.74) is 8.54. The fraction of sp³-hybridized carbons (Fsp3) is 0.250. The van der Waals surface area contributed by atoms with Crippen molar-refractivity contribution in [1.82, 2.24) is 20.3 Å². The van der Waals surface area contributed by atoms with Crippen LogP contribution in [0.3, 0.4) is 0 Å². The molecule has 3 aromatic rings. The minimum atomic E-state index is -0.216. The maximum absolute atomic E-state index is 13.1. The summed E-state index contributed by atoms with van der Waals surface area (Å²) in [7, 11) is 0. The zero-order valence-corrected chi connectivity index (χ0v) is 15.0. The number of hydrogen-bond acceptors (Lipinski definition) is 6. The Balaban J connectivity index is 1.65. The molecule has 1 fully saturated rings. The fourth-order valence-corrected chi connectivity index (χ4v) is 3.26. The van der Waals surface area contributed by atoms with Crippen molar-refractivity contribution in [3.63, 3.8) is 0 Å². The van der Waals surface area contributed by atoms with E-state index in [-0.39, 0.29) is 11.6 Å². The van der Waals surface area contributed by atoms with Gasteiger partial charge in [0, 0.05) is 49.4 Å². The van der Waals surface area contributed by atoms with E-state index in [1.807, 2.05) is 30.6 Å². The fourth-order valence-electron chi connectivity index (χ4n) is 3.26. The molecule has 138 valence electrons. The number of pyridine rings is 2. The second-order valence-electron chi connectivity index (χ2n) is 6.56. The summed E-state index contributed by atoms with van der Waals surface area (Å²) in [5.74, 6) is 0.815. The van der Waals surface area contributed by atoms with Crippen molar-refractivity contribution in [3.8, 4) is 11.1 Å². The molecule has 0 unspecified atom stereocenters. The Labute approximate surface area is 157 Å². The van der Waals surface area contributed by atoms with Gasteiger partial charge in [0.2, 0.25) is 5.78 Å². The average Bonchev–Trinajstić information content (AvgIpc) is 3.10. The van der Waals surface area contributed by atoms with E-state index in [0.29, 0.717) is 11.3 Å². The van der Waals surface area contributed by atoms with Crippen LogP contribution >= 0.6 is 0 Å². The minimum Gasteiger partial charge on any atom is -0.383 e. The molecule has 4 rings (SSSR count). The maximum atomic E-state index is 13.1. The number of hydrogen-bond donors (Lipinski definition) is 3. The van der Waals surface area contributed by atoms with Crippen molar-refractivity contribution < 1.29 is 4.79 Å². The van der Waals surface area contributed by atoms with E-state index in [9.17, 15) is 4.79 Å². The molecule has 7 nitrogen and oxygen atoms in total. The first-order valence-corrected chi connectivity index (χ1v) is 9.08. The highest BCUT2D eigenvalue weighted by Gasteiger charge is 2.18. The van der Waals surface area contributed by atoms with Gasteiger partial charge in [-0.25, -0.2) is 9.97 Å². The number of rotatable bonds is 4. The molecular weight excluding hydrogens is 340 g/mol. The van der Waals surface area contributed by atoms with Crippen molar-refractivity contribution in [2.24, 2.45) is 0 Å². The summed E-state index contributed by atoms with van der Waals surface area (Å²) >= 11 is 0. The van der Waals surface area contributed by atoms with E-state index < -0.39 is 0 Å². The largest absolute Gasteiger partial charge is 0.383 e. The van der Waals surface area contributed by atoms with E-state index in [1.54, 1.807) is 18.3 Å². The third-order valence-electron chi connectivity index (χ3n) is 4.73. The summed E-state index contributed by atoms with van der Waals surface area (Å²) in [5, 5.41) is 3.37. The predicted molar refractivity (Wildman–Crippen MR) is 106 cm³/mol. The minimum absolute atomic E-state index is 0.213. The number of carbonyl (C=O) groups excluding carboxylic acids is 1. The van der Waals surface area contributed by atoms with E-state index in [4.69, 9.17) is 5.73 Å². The van der Waals surface area contributed by atoms with Gasteiger partial charge in [-0.15, -0.1) is 0 Å². The molecule has 1 saturated heterocycles. The van der Waals surface area contributed by atoms with Gasteiger partial charge < -0.3 is 20.9 Å². The van der Waals surface area contributed by atoms with E-state index in [0.717, 1.165) is 49.5 Å². The second-order valence-corrected chi connectivity index (χ2v) is 6.56. The molecule has 3 aromatic heterocycles. The lowest BCUT2D eigenvalue weighted by Gasteiger charge is -2.21. The summed E-state index contributed by atoms with van der Waals surface area (Å²) in [6.07, 6.45) is 6.40. The molecule has 0 bridgehead atoms. The van der Waals surface area contributed by atoms with Crippen LogP contribution in [0.1, 0.15) is 22.5 Å². The Hall–Kier alpha value is -3.19. The number of nitrogens with one attached hydrogen (secondary N) is 2. The summed E-state index contributed by atoms with van der Waals surface area (Å²) < 4.78 is 0. The van der Waals surface area contributed by atoms with Crippen LogP contribution in [-0.2, 0) is 0 Å². The first-order valence-electron chi connectivity index (χ1n) is 9.08. The van der Waals surface area contributed by atoms with Gasteiger partial charge in [0.1, 0.15) is 17.3 Å². The molecule has 0 atom stereocenters. The lowest BCUT2D eigenvalue weighted by molar-refractivity contribution is 0.103. The van der Waals surface area contributed by atoms with Gasteiger partial charge in [-0.1, -0.05) is 6.07 Å². The van der Waals surface area contributed by atoms with Crippen LogP contribution in [0.4, 0.5) is 11.6 Å². The number of aromatic amines is 1. The van der Waals surface area contributed by atoms with Crippen molar-refractivity contribution in [2.45, 2.75) is 6.42 Å². The van der Waals surface area contributed by atoms with Gasteiger partial charge in [0.15, 0.2) is 0 Å². The maximum Gasteiger partial charge on any atom is 0.215 e. The normalized spacial score (nSPS) is 14.7. The molecule has 1 aliphatic rings. The summed E-state index contributed by atoms with van der Waals surface area (Å²) in [6, 6.07) is 9.24. The number of anilines is 2. The number of H-pyrrole nitrogens is 1. The van der Waals surface area contributed by atoms with Crippen LogP contribution in [0, 0.1) is 0 Å². The summed E-state index contributed by atoms with van der Waals surface area (Å²) in [4.78, 5) is 27.1. The van der Waals surface area contributed by atoms with Crippen LogP contribution in [-0.4, -0.2) is 46.9 Å². The van der Waals surface area contributed by atoms with Crippen molar-refractivity contribution >= 4 is 17.4 Å². The molecule has 0 aromatic carbocycles. The Morgan fingerprint density at radius 1 is 1.15 bits per heavy atom. The average molecular weight is 362 g/mol. The number of carbonyl (C=O) groups is 1. The van der Waals surface area contributed by atoms with E-state index in [1.165, 1.54) is 0 Å². The third kappa shape index (κ3) is 3.68. The molecular formula is C20H22N6O. The quantitative estimate of drug-likeness (QED) is 0.615. The highest BCUT2D eigenvalue weighted by molar-refractivity contribution is 6.11. The molecule has 4 heterocycles. The molecule has 27 heavy (non-hydrogen) atoms. The number of nitrogens with zero attached hydrogens (tertiary/aromatic N) is 3. The molecule has 1 aliphatic heterocycles. The Morgan fingerprint density at radius 2 is 2.07 bits per heavy atom. The lowest BCUT2D eigenvalue weighted by atomic mass is 10.0. The first kappa shape index (κ1) is 17.2. The lowest BCUT2D eigenvalue weighted by Crippen LogP contribution is -2.29. The van der Waals surface area contributed by atoms with Crippen LogP contribution in [0.5, 0.6) is 0 Å². The first-order chi connectivity index (χ1) is 13.2. The Bertz CT molecular complexity index is 929. The number of ketones is 1. The van der Waals surface area contributed by atoms with Crippen molar-refractivity contribution in [2.75, 3.05) is 36.8 Å². The van der Waals surface area contributed by atoms with Crippen LogP contribution in [0.2, 0.25) is 0 Å². The molecule has 0 radical (unpaired) electrons. The molecule has 0 aliphatic carbocycles. The van der Waals surface area contributed by atoms with E-state index in [2.05, 4.69) is 25.2 Å². The topological polar surface area (TPSA) is 99.9 Å². The van der Waals surface area contributed by atoms with E-state index >= 15 is 0 Å². The SMILES string of the molecule is Nc1ncc(-c2cc[nH]c2)cc1C(=O)c1cccc(N2CCCNCC2)n1. The monoisotopic (exact) mass is 362 g/mol. The Kier molecular flexibility index (Phi) is 4.84. The number of nitrogens with two attached hydrogens (primary N) is 1. The number of nitrogen functional groups attached to an aromatic ring is 1. The van der Waals surface area contributed by atoms with Crippen molar-refractivity contribution in [3.05, 3.63) is 60.2 Å². The second kappa shape index (κ2) is 7.59. The molecule has 0 saturated carbocycles.